The molecule has 1 heterocycles. The molecule has 0 bridgehead atoms. The summed E-state index contributed by atoms with van der Waals surface area (Å²) in [4.78, 5) is 12.0. The van der Waals surface area contributed by atoms with E-state index in [1.54, 1.807) is 13.1 Å². The zero-order valence-electron chi connectivity index (χ0n) is 13.3. The lowest BCUT2D eigenvalue weighted by atomic mass is 10.2. The van der Waals surface area contributed by atoms with Gasteiger partial charge in [-0.1, -0.05) is 31.9 Å². The number of hydrogen-bond acceptors (Lipinski definition) is 5. The molecule has 7 heteroatoms. The van der Waals surface area contributed by atoms with Crippen LogP contribution in [0.5, 0.6) is 5.75 Å². The zero-order chi connectivity index (χ0) is 16.7. The Morgan fingerprint density at radius 3 is 2.96 bits per heavy atom. The Labute approximate surface area is 139 Å². The van der Waals surface area contributed by atoms with Crippen molar-refractivity contribution >= 4 is 18.4 Å². The van der Waals surface area contributed by atoms with E-state index in [1.165, 1.54) is 0 Å². The third-order valence-electron chi connectivity index (χ3n) is 3.25. The fourth-order valence-electron chi connectivity index (χ4n) is 1.95. The van der Waals surface area contributed by atoms with Crippen molar-refractivity contribution in [3.05, 3.63) is 50.6 Å². The summed E-state index contributed by atoms with van der Waals surface area (Å²) in [6.07, 6.45) is 4.86. The molecule has 1 aromatic carbocycles. The molecule has 0 aliphatic heterocycles. The third kappa shape index (κ3) is 4.59. The second-order valence-electron chi connectivity index (χ2n) is 5.07. The molecule has 0 fully saturated rings. The van der Waals surface area contributed by atoms with Crippen LogP contribution in [-0.4, -0.2) is 27.7 Å². The summed E-state index contributed by atoms with van der Waals surface area (Å²) < 4.78 is 7.05. The molecular weight excluding hydrogens is 312 g/mol. The molecule has 0 amide bonds. The van der Waals surface area contributed by atoms with Gasteiger partial charge in [-0.3, -0.25) is 9.89 Å². The minimum Gasteiger partial charge on any atom is -0.493 e. The zero-order valence-corrected chi connectivity index (χ0v) is 14.1. The van der Waals surface area contributed by atoms with Gasteiger partial charge in [-0.05, 0) is 37.7 Å². The van der Waals surface area contributed by atoms with Gasteiger partial charge in [0.1, 0.15) is 11.4 Å². The van der Waals surface area contributed by atoms with Crippen molar-refractivity contribution in [2.45, 2.75) is 33.1 Å². The van der Waals surface area contributed by atoms with Crippen molar-refractivity contribution in [2.24, 2.45) is 5.10 Å². The van der Waals surface area contributed by atoms with Crippen LogP contribution in [-0.2, 0) is 0 Å². The maximum atomic E-state index is 12.0. The molecule has 2 rings (SSSR count). The van der Waals surface area contributed by atoms with E-state index < -0.39 is 0 Å². The Kier molecular flexibility index (Phi) is 6.22. The van der Waals surface area contributed by atoms with Crippen LogP contribution in [0.4, 0.5) is 0 Å². The molecule has 122 valence electrons. The van der Waals surface area contributed by atoms with E-state index in [9.17, 15) is 4.79 Å². The highest BCUT2D eigenvalue weighted by atomic mass is 32.1. The van der Waals surface area contributed by atoms with Crippen molar-refractivity contribution in [1.29, 1.82) is 0 Å². The maximum Gasteiger partial charge on any atom is 0.296 e. The van der Waals surface area contributed by atoms with Gasteiger partial charge in [0.15, 0.2) is 0 Å². The van der Waals surface area contributed by atoms with E-state index in [0.29, 0.717) is 12.3 Å². The van der Waals surface area contributed by atoms with Crippen LogP contribution in [0.15, 0.2) is 34.2 Å². The first kappa shape index (κ1) is 17.1. The third-order valence-corrected chi connectivity index (χ3v) is 3.51. The maximum absolute atomic E-state index is 12.0. The monoisotopic (exact) mass is 332 g/mol. The first-order valence-electron chi connectivity index (χ1n) is 7.58. The van der Waals surface area contributed by atoms with E-state index in [0.717, 1.165) is 35.3 Å². The van der Waals surface area contributed by atoms with Gasteiger partial charge in [-0.15, -0.1) is 0 Å². The van der Waals surface area contributed by atoms with Crippen LogP contribution in [0.25, 0.3) is 0 Å². The molecule has 2 aromatic rings. The normalized spacial score (nSPS) is 11.0. The number of aryl methyl sites for hydroxylation is 1. The quantitative estimate of drug-likeness (QED) is 0.480. The highest BCUT2D eigenvalue weighted by Crippen LogP contribution is 2.16. The molecule has 0 radical (unpaired) electrons. The van der Waals surface area contributed by atoms with Crippen molar-refractivity contribution in [3.63, 3.8) is 0 Å². The summed E-state index contributed by atoms with van der Waals surface area (Å²) in [7, 11) is 0. The molecule has 1 N–H and O–H groups in total. The number of H-pyrrole nitrogens is 1. The summed E-state index contributed by atoms with van der Waals surface area (Å²) in [5.41, 5.74) is 0.756. The van der Waals surface area contributed by atoms with Crippen LogP contribution >= 0.6 is 12.2 Å². The SMILES string of the molecule is CCCCCOc1ccccc1/C=N/n1c(=S)[nH]nc(C)c1=O. The Balaban J connectivity index is 2.22. The van der Waals surface area contributed by atoms with Crippen molar-refractivity contribution < 1.29 is 4.74 Å². The predicted octanol–water partition coefficient (Wildman–Crippen LogP) is 3.06. The fraction of sp³-hybridized carbons (Fsp3) is 0.375. The summed E-state index contributed by atoms with van der Waals surface area (Å²) in [5.74, 6) is 0.737. The van der Waals surface area contributed by atoms with E-state index in [1.807, 2.05) is 24.3 Å². The lowest BCUT2D eigenvalue weighted by Gasteiger charge is -2.08. The largest absolute Gasteiger partial charge is 0.493 e. The molecule has 0 saturated heterocycles. The number of hydrogen-bond donors (Lipinski definition) is 1. The van der Waals surface area contributed by atoms with Gasteiger partial charge in [-0.2, -0.15) is 14.9 Å². The van der Waals surface area contributed by atoms with Crippen molar-refractivity contribution in [1.82, 2.24) is 14.9 Å². The fourth-order valence-corrected chi connectivity index (χ4v) is 2.13. The van der Waals surface area contributed by atoms with Gasteiger partial charge in [0.25, 0.3) is 5.56 Å². The van der Waals surface area contributed by atoms with Crippen LogP contribution in [0, 0.1) is 11.7 Å². The minimum absolute atomic E-state index is 0.151. The van der Waals surface area contributed by atoms with Gasteiger partial charge in [0.2, 0.25) is 4.77 Å². The van der Waals surface area contributed by atoms with Gasteiger partial charge in [0, 0.05) is 5.56 Å². The van der Waals surface area contributed by atoms with Crippen LogP contribution in [0.1, 0.15) is 37.4 Å². The first-order valence-corrected chi connectivity index (χ1v) is 7.99. The minimum atomic E-state index is -0.341. The predicted molar refractivity (Wildman–Crippen MR) is 92.9 cm³/mol. The lowest BCUT2D eigenvalue weighted by Crippen LogP contribution is -2.22. The highest BCUT2D eigenvalue weighted by Gasteiger charge is 2.03. The Morgan fingerprint density at radius 2 is 2.17 bits per heavy atom. The number of para-hydroxylation sites is 1. The van der Waals surface area contributed by atoms with E-state index >= 15 is 0 Å². The van der Waals surface area contributed by atoms with Gasteiger partial charge < -0.3 is 4.74 Å². The van der Waals surface area contributed by atoms with Crippen LogP contribution in [0.3, 0.4) is 0 Å². The summed E-state index contributed by atoms with van der Waals surface area (Å²) in [5, 5.41) is 10.6. The van der Waals surface area contributed by atoms with Crippen molar-refractivity contribution in [3.8, 4) is 5.75 Å². The second-order valence-corrected chi connectivity index (χ2v) is 5.46. The Hall–Kier alpha value is -2.28. The number of rotatable bonds is 7. The second kappa shape index (κ2) is 8.38. The van der Waals surface area contributed by atoms with Gasteiger partial charge in [-0.25, -0.2) is 0 Å². The number of aromatic amines is 1. The molecule has 0 saturated carbocycles. The van der Waals surface area contributed by atoms with Gasteiger partial charge >= 0.3 is 0 Å². The molecule has 1 aromatic heterocycles. The summed E-state index contributed by atoms with van der Waals surface area (Å²) in [6, 6.07) is 7.56. The summed E-state index contributed by atoms with van der Waals surface area (Å²) in [6.45, 7) is 4.41. The number of unbranched alkanes of at least 4 members (excludes halogenated alkanes) is 2. The molecule has 0 unspecified atom stereocenters. The lowest BCUT2D eigenvalue weighted by molar-refractivity contribution is 0.306. The van der Waals surface area contributed by atoms with E-state index in [-0.39, 0.29) is 10.3 Å². The van der Waals surface area contributed by atoms with Crippen LogP contribution in [0.2, 0.25) is 0 Å². The van der Waals surface area contributed by atoms with Crippen molar-refractivity contribution in [2.75, 3.05) is 6.61 Å². The molecule has 0 aliphatic rings. The topological polar surface area (TPSA) is 72.3 Å². The van der Waals surface area contributed by atoms with E-state index in [2.05, 4.69) is 22.2 Å². The van der Waals surface area contributed by atoms with E-state index in [4.69, 9.17) is 17.0 Å². The molecule has 6 nitrogen and oxygen atoms in total. The highest BCUT2D eigenvalue weighted by molar-refractivity contribution is 7.71. The number of ether oxygens (including phenoxy) is 1. The Bertz CT molecular complexity index is 795. The standard InChI is InChI=1S/C16H20N4O2S/c1-3-4-7-10-22-14-9-6-5-8-13(14)11-17-20-15(21)12(2)18-19-16(20)23/h5-6,8-9,11H,3-4,7,10H2,1-2H3,(H,19,23)/b17-11+. The molecule has 23 heavy (non-hydrogen) atoms. The van der Waals surface area contributed by atoms with Crippen LogP contribution < -0.4 is 10.3 Å². The van der Waals surface area contributed by atoms with Gasteiger partial charge in [0.05, 0.1) is 12.8 Å². The Morgan fingerprint density at radius 1 is 1.39 bits per heavy atom. The number of nitrogens with one attached hydrogen (secondary N) is 1. The smallest absolute Gasteiger partial charge is 0.296 e. The number of nitrogens with zero attached hydrogens (tertiary/aromatic N) is 3. The number of aromatic nitrogens is 3. The molecule has 0 atom stereocenters. The average Bonchev–Trinajstić information content (AvgIpc) is 2.56. The average molecular weight is 332 g/mol. The summed E-state index contributed by atoms with van der Waals surface area (Å²) >= 11 is 5.05. The molecule has 0 aliphatic carbocycles. The first-order chi connectivity index (χ1) is 11.1. The number of benzene rings is 1. The molecular formula is C16H20N4O2S. The molecule has 0 spiro atoms.